The van der Waals surface area contributed by atoms with Crippen LogP contribution in [0.3, 0.4) is 0 Å². The number of halogens is 1. The molecule has 160 valence electrons. The molecule has 0 bridgehead atoms. The third-order valence-electron chi connectivity index (χ3n) is 5.01. The van der Waals surface area contributed by atoms with Crippen molar-refractivity contribution in [2.24, 2.45) is 0 Å². The van der Waals surface area contributed by atoms with E-state index in [4.69, 9.17) is 0 Å². The number of benzene rings is 3. The first-order valence-corrected chi connectivity index (χ1v) is 10.0. The highest BCUT2D eigenvalue weighted by atomic mass is 19.1. The van der Waals surface area contributed by atoms with Crippen molar-refractivity contribution >= 4 is 17.5 Å². The van der Waals surface area contributed by atoms with Crippen molar-refractivity contribution in [3.05, 3.63) is 102 Å². The maximum Gasteiger partial charge on any atom is 0.259 e. The van der Waals surface area contributed by atoms with E-state index in [1.54, 1.807) is 54.3 Å². The van der Waals surface area contributed by atoms with Crippen molar-refractivity contribution in [3.8, 4) is 16.9 Å². The lowest BCUT2D eigenvalue weighted by molar-refractivity contribution is 0.0962. The molecule has 0 unspecified atom stereocenters. The lowest BCUT2D eigenvalue weighted by Gasteiger charge is -2.07. The third kappa shape index (κ3) is 4.41. The Hall–Kier alpha value is -4.26. The van der Waals surface area contributed by atoms with Crippen molar-refractivity contribution in [2.45, 2.75) is 6.92 Å². The molecule has 0 aliphatic rings. The molecule has 0 atom stereocenters. The van der Waals surface area contributed by atoms with Crippen LogP contribution in [0.2, 0.25) is 0 Å². The third-order valence-corrected chi connectivity index (χ3v) is 5.01. The molecule has 0 aliphatic carbocycles. The van der Waals surface area contributed by atoms with Crippen molar-refractivity contribution in [3.63, 3.8) is 0 Å². The van der Waals surface area contributed by atoms with E-state index in [1.165, 1.54) is 12.1 Å². The molecule has 2 N–H and O–H groups in total. The second-order valence-electron chi connectivity index (χ2n) is 7.29. The van der Waals surface area contributed by atoms with Crippen LogP contribution in [-0.4, -0.2) is 28.6 Å². The minimum absolute atomic E-state index is 0.204. The Kier molecular flexibility index (Phi) is 5.81. The Morgan fingerprint density at radius 3 is 2.16 bits per heavy atom. The number of anilines is 1. The van der Waals surface area contributed by atoms with Crippen molar-refractivity contribution in [1.82, 2.24) is 15.1 Å². The molecule has 0 aliphatic heterocycles. The van der Waals surface area contributed by atoms with Gasteiger partial charge in [0.15, 0.2) is 0 Å². The fraction of sp³-hybridized carbons (Fsp3) is 0.0800. The molecule has 0 saturated carbocycles. The SMILES string of the molecule is CNC(=O)c1ccc(NC(=O)c2cn(-c3ccc(F)cc3)nc2-c2ccc(C)cc2)cc1. The fourth-order valence-electron chi connectivity index (χ4n) is 3.24. The van der Waals surface area contributed by atoms with Gasteiger partial charge in [0.05, 0.1) is 11.3 Å². The van der Waals surface area contributed by atoms with Gasteiger partial charge in [-0.05, 0) is 55.5 Å². The summed E-state index contributed by atoms with van der Waals surface area (Å²) in [6.07, 6.45) is 1.62. The molecule has 6 nitrogen and oxygen atoms in total. The maximum atomic E-state index is 13.3. The van der Waals surface area contributed by atoms with Gasteiger partial charge in [-0.15, -0.1) is 0 Å². The number of rotatable bonds is 5. The normalized spacial score (nSPS) is 10.6. The van der Waals surface area contributed by atoms with E-state index >= 15 is 0 Å². The van der Waals surface area contributed by atoms with E-state index in [1.807, 2.05) is 31.2 Å². The first-order chi connectivity index (χ1) is 15.4. The number of hydrogen-bond donors (Lipinski definition) is 2. The van der Waals surface area contributed by atoms with Gasteiger partial charge in [-0.25, -0.2) is 9.07 Å². The molecule has 4 rings (SSSR count). The van der Waals surface area contributed by atoms with Crippen LogP contribution in [0.4, 0.5) is 10.1 Å². The number of aryl methyl sites for hydroxylation is 1. The van der Waals surface area contributed by atoms with Gasteiger partial charge in [-0.2, -0.15) is 5.10 Å². The van der Waals surface area contributed by atoms with Crippen molar-refractivity contribution < 1.29 is 14.0 Å². The maximum absolute atomic E-state index is 13.3. The van der Waals surface area contributed by atoms with Crippen LogP contribution in [0.5, 0.6) is 0 Å². The number of hydrogen-bond acceptors (Lipinski definition) is 3. The van der Waals surface area contributed by atoms with E-state index in [0.717, 1.165) is 11.1 Å². The van der Waals surface area contributed by atoms with Gasteiger partial charge in [0, 0.05) is 30.1 Å². The molecule has 1 aromatic heterocycles. The van der Waals surface area contributed by atoms with Crippen LogP contribution in [0.1, 0.15) is 26.3 Å². The minimum atomic E-state index is -0.349. The summed E-state index contributed by atoms with van der Waals surface area (Å²) in [5, 5.41) is 10.0. The predicted octanol–water partition coefficient (Wildman–Crippen LogP) is 4.60. The van der Waals surface area contributed by atoms with Gasteiger partial charge >= 0.3 is 0 Å². The summed E-state index contributed by atoms with van der Waals surface area (Å²) in [6, 6.07) is 20.2. The van der Waals surface area contributed by atoms with Crippen LogP contribution in [0.25, 0.3) is 16.9 Å². The van der Waals surface area contributed by atoms with Crippen LogP contribution in [0, 0.1) is 12.7 Å². The Morgan fingerprint density at radius 1 is 0.875 bits per heavy atom. The molecular weight excluding hydrogens is 407 g/mol. The molecular formula is C25H21FN4O2. The Morgan fingerprint density at radius 2 is 1.53 bits per heavy atom. The summed E-state index contributed by atoms with van der Waals surface area (Å²) >= 11 is 0. The second kappa shape index (κ2) is 8.85. The summed E-state index contributed by atoms with van der Waals surface area (Å²) in [5.74, 6) is -0.899. The van der Waals surface area contributed by atoms with Gasteiger partial charge < -0.3 is 10.6 Å². The van der Waals surface area contributed by atoms with Crippen LogP contribution in [-0.2, 0) is 0 Å². The Bertz CT molecular complexity index is 1260. The molecule has 0 saturated heterocycles. The molecule has 2 amide bonds. The van der Waals surface area contributed by atoms with E-state index in [-0.39, 0.29) is 17.6 Å². The molecule has 0 spiro atoms. The lowest BCUT2D eigenvalue weighted by Crippen LogP contribution is -2.18. The highest BCUT2D eigenvalue weighted by Crippen LogP contribution is 2.25. The quantitative estimate of drug-likeness (QED) is 0.488. The second-order valence-corrected chi connectivity index (χ2v) is 7.29. The smallest absolute Gasteiger partial charge is 0.259 e. The average molecular weight is 428 g/mol. The Balaban J connectivity index is 1.69. The molecule has 32 heavy (non-hydrogen) atoms. The number of carbonyl (C=O) groups excluding carboxylic acids is 2. The van der Waals surface area contributed by atoms with Gasteiger partial charge in [0.1, 0.15) is 11.5 Å². The predicted molar refractivity (Wildman–Crippen MR) is 121 cm³/mol. The molecule has 0 radical (unpaired) electrons. The molecule has 0 fully saturated rings. The van der Waals surface area contributed by atoms with E-state index in [0.29, 0.717) is 28.2 Å². The number of aromatic nitrogens is 2. The number of nitrogens with zero attached hydrogens (tertiary/aromatic N) is 2. The molecule has 4 aromatic rings. The Labute approximate surface area is 184 Å². The summed E-state index contributed by atoms with van der Waals surface area (Å²) in [7, 11) is 1.56. The molecule has 7 heteroatoms. The van der Waals surface area contributed by atoms with E-state index in [9.17, 15) is 14.0 Å². The number of carbonyl (C=O) groups is 2. The van der Waals surface area contributed by atoms with Gasteiger partial charge in [0.25, 0.3) is 11.8 Å². The standard InChI is InChI=1S/C25H21FN4O2/c1-16-3-5-17(6-4-16)23-22(15-30(29-23)21-13-9-19(26)10-14-21)25(32)28-20-11-7-18(8-12-20)24(31)27-2/h3-15H,1-2H3,(H,27,31)(H,28,32). The van der Waals surface area contributed by atoms with Crippen LogP contribution < -0.4 is 10.6 Å². The van der Waals surface area contributed by atoms with Crippen molar-refractivity contribution in [1.29, 1.82) is 0 Å². The summed E-state index contributed by atoms with van der Waals surface area (Å²) in [4.78, 5) is 24.9. The lowest BCUT2D eigenvalue weighted by atomic mass is 10.1. The zero-order chi connectivity index (χ0) is 22.7. The van der Waals surface area contributed by atoms with Gasteiger partial charge in [0.2, 0.25) is 0 Å². The highest BCUT2D eigenvalue weighted by molar-refractivity contribution is 6.08. The van der Waals surface area contributed by atoms with Crippen LogP contribution >= 0.6 is 0 Å². The monoisotopic (exact) mass is 428 g/mol. The topological polar surface area (TPSA) is 76.0 Å². The van der Waals surface area contributed by atoms with Crippen molar-refractivity contribution in [2.75, 3.05) is 12.4 Å². The van der Waals surface area contributed by atoms with Crippen LogP contribution in [0.15, 0.2) is 79.0 Å². The molecule has 3 aromatic carbocycles. The van der Waals surface area contributed by atoms with Gasteiger partial charge in [-0.3, -0.25) is 9.59 Å². The average Bonchev–Trinajstić information content (AvgIpc) is 3.25. The summed E-state index contributed by atoms with van der Waals surface area (Å²) < 4.78 is 14.9. The summed E-state index contributed by atoms with van der Waals surface area (Å²) in [5.41, 5.74) is 4.43. The summed E-state index contributed by atoms with van der Waals surface area (Å²) in [6.45, 7) is 1.98. The molecule has 1 heterocycles. The van der Waals surface area contributed by atoms with E-state index in [2.05, 4.69) is 15.7 Å². The van der Waals surface area contributed by atoms with Gasteiger partial charge in [-0.1, -0.05) is 29.8 Å². The number of nitrogens with one attached hydrogen (secondary N) is 2. The van der Waals surface area contributed by atoms with E-state index < -0.39 is 0 Å². The zero-order valence-corrected chi connectivity index (χ0v) is 17.6. The fourth-order valence-corrected chi connectivity index (χ4v) is 3.24. The first kappa shape index (κ1) is 21.0. The first-order valence-electron chi connectivity index (χ1n) is 10.0. The number of amides is 2. The largest absolute Gasteiger partial charge is 0.355 e. The highest BCUT2D eigenvalue weighted by Gasteiger charge is 2.19. The minimum Gasteiger partial charge on any atom is -0.355 e. The zero-order valence-electron chi connectivity index (χ0n) is 17.6.